The Kier molecular flexibility index (Phi) is 5.66. The van der Waals surface area contributed by atoms with Crippen LogP contribution in [0.2, 0.25) is 0 Å². The lowest BCUT2D eigenvalue weighted by Crippen LogP contribution is -2.45. The lowest BCUT2D eigenvalue weighted by molar-refractivity contribution is -0.123. The topological polar surface area (TPSA) is 65.2 Å². The van der Waals surface area contributed by atoms with Crippen molar-refractivity contribution in [1.29, 1.82) is 0 Å². The van der Waals surface area contributed by atoms with E-state index in [2.05, 4.69) is 10.3 Å². The van der Waals surface area contributed by atoms with Gasteiger partial charge in [-0.2, -0.15) is 0 Å². The van der Waals surface area contributed by atoms with Crippen LogP contribution >= 0.6 is 0 Å². The molecule has 0 saturated carbocycles. The number of para-hydroxylation sites is 1. The molecule has 0 aliphatic carbocycles. The van der Waals surface area contributed by atoms with Crippen LogP contribution in [0.5, 0.6) is 0 Å². The van der Waals surface area contributed by atoms with Crippen LogP contribution < -0.4 is 5.32 Å². The Morgan fingerprint density at radius 3 is 2.29 bits per heavy atom. The first-order valence-corrected chi connectivity index (χ1v) is 9.43. The number of hydrogen-bond donors (Lipinski definition) is 2. The van der Waals surface area contributed by atoms with Gasteiger partial charge in [-0.15, -0.1) is 0 Å². The number of aromatic amines is 1. The summed E-state index contributed by atoms with van der Waals surface area (Å²) in [7, 11) is 1.79. The van der Waals surface area contributed by atoms with Crippen LogP contribution in [-0.2, 0) is 4.79 Å². The molecule has 0 saturated heterocycles. The number of nitrogens with one attached hydrogen (secondary N) is 2. The minimum absolute atomic E-state index is 0.0117. The molecule has 3 rings (SSSR count). The number of benzene rings is 2. The molecule has 0 bridgehead atoms. The van der Waals surface area contributed by atoms with Crippen molar-refractivity contribution in [3.05, 3.63) is 60.2 Å². The number of amides is 1. The highest BCUT2D eigenvalue weighted by Gasteiger charge is 2.22. The van der Waals surface area contributed by atoms with Gasteiger partial charge < -0.3 is 10.3 Å². The van der Waals surface area contributed by atoms with E-state index in [0.29, 0.717) is 5.56 Å². The van der Waals surface area contributed by atoms with E-state index < -0.39 is 0 Å². The van der Waals surface area contributed by atoms with Gasteiger partial charge in [-0.1, -0.05) is 48.5 Å². The molecular weight excluding hydrogens is 350 g/mol. The van der Waals surface area contributed by atoms with Crippen LogP contribution in [0, 0.1) is 0 Å². The van der Waals surface area contributed by atoms with Crippen LogP contribution in [0.3, 0.4) is 0 Å². The van der Waals surface area contributed by atoms with E-state index in [4.69, 9.17) is 0 Å². The molecule has 1 heterocycles. The molecule has 0 atom stereocenters. The molecule has 5 nitrogen and oxygen atoms in total. The first kappa shape index (κ1) is 19.8. The highest BCUT2D eigenvalue weighted by atomic mass is 16.2. The van der Waals surface area contributed by atoms with Gasteiger partial charge >= 0.3 is 0 Å². The van der Waals surface area contributed by atoms with Gasteiger partial charge in [0.05, 0.1) is 24.3 Å². The second kappa shape index (κ2) is 7.98. The average Bonchev–Trinajstić information content (AvgIpc) is 3.00. The molecule has 2 aromatic carbocycles. The molecule has 0 unspecified atom stereocenters. The maximum atomic E-state index is 13.2. The maximum absolute atomic E-state index is 13.2. The fourth-order valence-electron chi connectivity index (χ4n) is 3.34. The summed E-state index contributed by atoms with van der Waals surface area (Å²) in [5, 5.41) is 3.83. The van der Waals surface area contributed by atoms with Crippen molar-refractivity contribution in [2.45, 2.75) is 26.3 Å². The molecule has 1 amide bonds. The van der Waals surface area contributed by atoms with E-state index in [-0.39, 0.29) is 30.3 Å². The predicted molar refractivity (Wildman–Crippen MR) is 113 cm³/mol. The second-order valence-electron chi connectivity index (χ2n) is 8.18. The number of H-pyrrole nitrogens is 1. The van der Waals surface area contributed by atoms with Gasteiger partial charge in [-0.3, -0.25) is 14.5 Å². The van der Waals surface area contributed by atoms with Crippen molar-refractivity contribution >= 4 is 22.6 Å². The third-order valence-electron chi connectivity index (χ3n) is 4.39. The van der Waals surface area contributed by atoms with E-state index in [0.717, 1.165) is 22.2 Å². The lowest BCUT2D eigenvalue weighted by Gasteiger charge is -2.23. The van der Waals surface area contributed by atoms with Crippen LogP contribution in [0.4, 0.5) is 0 Å². The summed E-state index contributed by atoms with van der Waals surface area (Å²) in [6.07, 6.45) is 0. The minimum Gasteiger partial charge on any atom is -0.354 e. The molecule has 0 fully saturated rings. The molecular formula is C23H27N3O2. The largest absolute Gasteiger partial charge is 0.354 e. The van der Waals surface area contributed by atoms with Crippen molar-refractivity contribution in [2.75, 3.05) is 20.1 Å². The number of Topliss-reactive ketones (excluding diaryl/α,β-unsaturated/α-hetero) is 1. The van der Waals surface area contributed by atoms with Crippen LogP contribution in [0.1, 0.15) is 31.1 Å². The Morgan fingerprint density at radius 2 is 1.61 bits per heavy atom. The van der Waals surface area contributed by atoms with Crippen molar-refractivity contribution in [3.8, 4) is 11.3 Å². The standard InChI is InChI=1S/C23H27N3O2/c1-23(2,3)25-20(28)15-26(4)14-19(27)21-17-12-8-9-13-18(17)24-22(21)16-10-6-5-7-11-16/h5-13,24H,14-15H2,1-4H3,(H,25,28). The van der Waals surface area contributed by atoms with E-state index in [1.807, 2.05) is 75.4 Å². The summed E-state index contributed by atoms with van der Waals surface area (Å²) in [6, 6.07) is 17.7. The number of ketones is 1. The van der Waals surface area contributed by atoms with E-state index in [9.17, 15) is 9.59 Å². The fraction of sp³-hybridized carbons (Fsp3) is 0.304. The number of nitrogens with zero attached hydrogens (tertiary/aromatic N) is 1. The summed E-state index contributed by atoms with van der Waals surface area (Å²) < 4.78 is 0. The van der Waals surface area contributed by atoms with Gasteiger partial charge in [0.25, 0.3) is 0 Å². The normalized spacial score (nSPS) is 11.8. The zero-order valence-corrected chi connectivity index (χ0v) is 16.9. The Balaban J connectivity index is 1.86. The maximum Gasteiger partial charge on any atom is 0.234 e. The monoisotopic (exact) mass is 377 g/mol. The van der Waals surface area contributed by atoms with Gasteiger partial charge in [0.15, 0.2) is 5.78 Å². The Bertz CT molecular complexity index is 984. The van der Waals surface area contributed by atoms with Gasteiger partial charge in [0.2, 0.25) is 5.91 Å². The summed E-state index contributed by atoms with van der Waals surface area (Å²) in [6.45, 7) is 6.15. The zero-order valence-electron chi connectivity index (χ0n) is 16.9. The molecule has 3 aromatic rings. The summed E-state index contributed by atoms with van der Waals surface area (Å²) in [5.41, 5.74) is 3.09. The highest BCUT2D eigenvalue weighted by molar-refractivity contribution is 6.14. The molecule has 5 heteroatoms. The quantitative estimate of drug-likeness (QED) is 0.641. The van der Waals surface area contributed by atoms with Crippen molar-refractivity contribution in [2.24, 2.45) is 0 Å². The first-order chi connectivity index (χ1) is 13.2. The van der Waals surface area contributed by atoms with Gasteiger partial charge in [0, 0.05) is 16.4 Å². The third-order valence-corrected chi connectivity index (χ3v) is 4.39. The molecule has 0 aliphatic rings. The molecule has 1 aromatic heterocycles. The lowest BCUT2D eigenvalue weighted by atomic mass is 10.0. The minimum atomic E-state index is -0.292. The van der Waals surface area contributed by atoms with Crippen LogP contribution in [0.15, 0.2) is 54.6 Å². The number of carbonyl (C=O) groups excluding carboxylic acids is 2. The van der Waals surface area contributed by atoms with Crippen molar-refractivity contribution in [3.63, 3.8) is 0 Å². The highest BCUT2D eigenvalue weighted by Crippen LogP contribution is 2.30. The number of rotatable bonds is 6. The van der Waals surface area contributed by atoms with E-state index >= 15 is 0 Å². The predicted octanol–water partition coefficient (Wildman–Crippen LogP) is 3.86. The molecule has 2 N–H and O–H groups in total. The number of hydrogen-bond acceptors (Lipinski definition) is 3. The van der Waals surface area contributed by atoms with Gasteiger partial charge in [0.1, 0.15) is 0 Å². The molecule has 28 heavy (non-hydrogen) atoms. The first-order valence-electron chi connectivity index (χ1n) is 9.43. The fourth-order valence-corrected chi connectivity index (χ4v) is 3.34. The Hall–Kier alpha value is -2.92. The Morgan fingerprint density at radius 1 is 0.964 bits per heavy atom. The molecule has 0 spiro atoms. The summed E-state index contributed by atoms with van der Waals surface area (Å²) in [5.74, 6) is -0.104. The summed E-state index contributed by atoms with van der Waals surface area (Å²) >= 11 is 0. The van der Waals surface area contributed by atoms with Crippen LogP contribution in [-0.4, -0.2) is 47.3 Å². The summed E-state index contributed by atoms with van der Waals surface area (Å²) in [4.78, 5) is 30.5. The van der Waals surface area contributed by atoms with Gasteiger partial charge in [-0.05, 0) is 39.4 Å². The van der Waals surface area contributed by atoms with Crippen molar-refractivity contribution in [1.82, 2.24) is 15.2 Å². The average molecular weight is 377 g/mol. The number of fused-ring (bicyclic) bond motifs is 1. The smallest absolute Gasteiger partial charge is 0.234 e. The number of carbonyl (C=O) groups is 2. The number of aromatic nitrogens is 1. The third kappa shape index (κ3) is 4.67. The van der Waals surface area contributed by atoms with E-state index in [1.54, 1.807) is 11.9 Å². The SMILES string of the molecule is CN(CC(=O)NC(C)(C)C)CC(=O)c1c(-c2ccccc2)[nH]c2ccccc12. The zero-order chi connectivity index (χ0) is 20.3. The number of likely N-dealkylation sites (N-methyl/N-ethyl adjacent to an activating group) is 1. The van der Waals surface area contributed by atoms with E-state index in [1.165, 1.54) is 0 Å². The van der Waals surface area contributed by atoms with Crippen molar-refractivity contribution < 1.29 is 9.59 Å². The molecule has 0 radical (unpaired) electrons. The second-order valence-corrected chi connectivity index (χ2v) is 8.18. The van der Waals surface area contributed by atoms with Crippen LogP contribution in [0.25, 0.3) is 22.2 Å². The Labute approximate surface area is 165 Å². The molecule has 146 valence electrons. The van der Waals surface area contributed by atoms with Gasteiger partial charge in [-0.25, -0.2) is 0 Å². The molecule has 0 aliphatic heterocycles.